The first-order valence-electron chi connectivity index (χ1n) is 8.32. The van der Waals surface area contributed by atoms with Crippen LogP contribution >= 0.6 is 0 Å². The minimum atomic E-state index is 0.657. The zero-order valence-corrected chi connectivity index (χ0v) is 13.1. The maximum absolute atomic E-state index is 2.46. The van der Waals surface area contributed by atoms with Gasteiger partial charge in [0.15, 0.2) is 0 Å². The maximum Gasteiger partial charge on any atom is -0.00614 e. The number of fused-ring (bicyclic) bond motifs is 1. The molecule has 2 atom stereocenters. The Balaban J connectivity index is 1.88. The lowest BCUT2D eigenvalue weighted by Crippen LogP contribution is -2.21. The fraction of sp³-hybridized carbons (Fsp3) is 0.273. The first kappa shape index (κ1) is 13.6. The normalized spacial score (nSPS) is 33.9. The van der Waals surface area contributed by atoms with Crippen molar-refractivity contribution in [3.05, 3.63) is 89.1 Å². The average Bonchev–Trinajstić information content (AvgIpc) is 2.63. The second kappa shape index (κ2) is 5.61. The molecule has 0 heteroatoms. The van der Waals surface area contributed by atoms with E-state index in [1.54, 1.807) is 11.1 Å². The molecule has 0 amide bonds. The van der Waals surface area contributed by atoms with Crippen LogP contribution in [0.15, 0.2) is 83.5 Å². The highest BCUT2D eigenvalue weighted by atomic mass is 14.3. The number of allylic oxidation sites excluding steroid dienone is 10. The van der Waals surface area contributed by atoms with Crippen LogP contribution < -0.4 is 0 Å². The quantitative estimate of drug-likeness (QED) is 0.605. The van der Waals surface area contributed by atoms with Crippen molar-refractivity contribution in [2.24, 2.45) is 11.8 Å². The molecule has 1 aromatic carbocycles. The Morgan fingerprint density at radius 2 is 1.91 bits per heavy atom. The van der Waals surface area contributed by atoms with Gasteiger partial charge in [-0.1, -0.05) is 77.9 Å². The molecule has 0 saturated carbocycles. The van der Waals surface area contributed by atoms with Crippen LogP contribution in [0.25, 0.3) is 5.57 Å². The Kier molecular flexibility index (Phi) is 3.46. The van der Waals surface area contributed by atoms with Gasteiger partial charge in [0, 0.05) is 0 Å². The van der Waals surface area contributed by atoms with Gasteiger partial charge in [-0.05, 0) is 54.7 Å². The number of benzene rings is 1. The predicted molar refractivity (Wildman–Crippen MR) is 94.3 cm³/mol. The van der Waals surface area contributed by atoms with Gasteiger partial charge >= 0.3 is 0 Å². The molecule has 0 radical (unpaired) electrons. The van der Waals surface area contributed by atoms with Gasteiger partial charge < -0.3 is 0 Å². The summed E-state index contributed by atoms with van der Waals surface area (Å²) < 4.78 is 0. The zero-order valence-electron chi connectivity index (χ0n) is 13.1. The Labute approximate surface area is 133 Å². The predicted octanol–water partition coefficient (Wildman–Crippen LogP) is 5.87. The largest absolute Gasteiger partial charge is 0.0837 e. The maximum atomic E-state index is 2.46. The van der Waals surface area contributed by atoms with Crippen molar-refractivity contribution in [3.8, 4) is 0 Å². The molecule has 3 aliphatic rings. The topological polar surface area (TPSA) is 0 Å². The molecule has 0 saturated heterocycles. The Morgan fingerprint density at radius 1 is 1.05 bits per heavy atom. The SMILES string of the molecule is CC1=C\C(c2ccccc2)=C2\CC=C3C=CCC(/C=C\1)C3C2. The molecular formula is C22H22. The highest BCUT2D eigenvalue weighted by molar-refractivity contribution is 5.78. The summed E-state index contributed by atoms with van der Waals surface area (Å²) >= 11 is 0. The summed E-state index contributed by atoms with van der Waals surface area (Å²) in [6.45, 7) is 2.22. The molecule has 0 fully saturated rings. The fourth-order valence-electron chi connectivity index (χ4n) is 3.97. The van der Waals surface area contributed by atoms with Crippen molar-refractivity contribution >= 4 is 5.57 Å². The van der Waals surface area contributed by atoms with Gasteiger partial charge in [0.2, 0.25) is 0 Å². The summed E-state index contributed by atoms with van der Waals surface area (Å²) in [7, 11) is 0. The van der Waals surface area contributed by atoms with E-state index >= 15 is 0 Å². The van der Waals surface area contributed by atoms with E-state index in [0.717, 1.165) is 6.42 Å². The highest BCUT2D eigenvalue weighted by Crippen LogP contribution is 2.43. The number of hydrogen-bond acceptors (Lipinski definition) is 0. The van der Waals surface area contributed by atoms with Gasteiger partial charge in [-0.2, -0.15) is 0 Å². The molecule has 3 aliphatic carbocycles. The van der Waals surface area contributed by atoms with Gasteiger partial charge in [-0.15, -0.1) is 0 Å². The molecule has 22 heavy (non-hydrogen) atoms. The van der Waals surface area contributed by atoms with E-state index in [9.17, 15) is 0 Å². The molecule has 0 nitrogen and oxygen atoms in total. The molecule has 4 rings (SSSR count). The number of rotatable bonds is 1. The third-order valence-corrected chi connectivity index (χ3v) is 5.16. The van der Waals surface area contributed by atoms with Gasteiger partial charge in [0.25, 0.3) is 0 Å². The molecule has 0 heterocycles. The monoisotopic (exact) mass is 286 g/mol. The van der Waals surface area contributed by atoms with Crippen molar-refractivity contribution in [3.63, 3.8) is 0 Å². The minimum absolute atomic E-state index is 0.657. The van der Waals surface area contributed by atoms with Crippen molar-refractivity contribution in [2.45, 2.75) is 26.2 Å². The summed E-state index contributed by atoms with van der Waals surface area (Å²) in [6.07, 6.45) is 17.8. The molecule has 2 bridgehead atoms. The molecule has 1 aromatic rings. The lowest BCUT2D eigenvalue weighted by molar-refractivity contribution is 0.436. The first-order valence-corrected chi connectivity index (χ1v) is 8.32. The van der Waals surface area contributed by atoms with Crippen LogP contribution in [-0.2, 0) is 0 Å². The van der Waals surface area contributed by atoms with Crippen LogP contribution in [0.3, 0.4) is 0 Å². The van der Waals surface area contributed by atoms with E-state index < -0.39 is 0 Å². The van der Waals surface area contributed by atoms with E-state index in [4.69, 9.17) is 0 Å². The summed E-state index contributed by atoms with van der Waals surface area (Å²) in [5.74, 6) is 1.33. The van der Waals surface area contributed by atoms with Crippen molar-refractivity contribution in [1.82, 2.24) is 0 Å². The van der Waals surface area contributed by atoms with Gasteiger partial charge in [0.05, 0.1) is 0 Å². The smallest absolute Gasteiger partial charge is 0.00614 e. The van der Waals surface area contributed by atoms with E-state index in [-0.39, 0.29) is 0 Å². The van der Waals surface area contributed by atoms with Crippen LogP contribution in [0.1, 0.15) is 31.7 Å². The van der Waals surface area contributed by atoms with Crippen LogP contribution in [0.4, 0.5) is 0 Å². The molecule has 0 aromatic heterocycles. The number of hydrogen-bond donors (Lipinski definition) is 0. The van der Waals surface area contributed by atoms with E-state index in [0.29, 0.717) is 11.8 Å². The van der Waals surface area contributed by atoms with Gasteiger partial charge in [-0.3, -0.25) is 0 Å². The van der Waals surface area contributed by atoms with E-state index in [2.05, 4.69) is 73.7 Å². The second-order valence-electron chi connectivity index (χ2n) is 6.65. The highest BCUT2D eigenvalue weighted by Gasteiger charge is 2.29. The third kappa shape index (κ3) is 2.43. The lowest BCUT2D eigenvalue weighted by atomic mass is 9.71. The molecule has 110 valence electrons. The summed E-state index contributed by atoms with van der Waals surface area (Å²) in [4.78, 5) is 0. The molecule has 0 aliphatic heterocycles. The molecule has 0 N–H and O–H groups in total. The first-order chi connectivity index (χ1) is 10.8. The molecular weight excluding hydrogens is 264 g/mol. The summed E-state index contributed by atoms with van der Waals surface area (Å²) in [5.41, 5.74) is 7.30. The zero-order chi connectivity index (χ0) is 14.9. The average molecular weight is 286 g/mol. The third-order valence-electron chi connectivity index (χ3n) is 5.16. The van der Waals surface area contributed by atoms with Gasteiger partial charge in [-0.25, -0.2) is 0 Å². The second-order valence-corrected chi connectivity index (χ2v) is 6.65. The Bertz CT molecular complexity index is 723. The molecule has 2 unspecified atom stereocenters. The summed E-state index contributed by atoms with van der Waals surface area (Å²) in [5, 5.41) is 0. The molecule has 0 spiro atoms. The Morgan fingerprint density at radius 3 is 2.77 bits per heavy atom. The van der Waals surface area contributed by atoms with Gasteiger partial charge in [0.1, 0.15) is 0 Å². The standard InChI is InChI=1S/C22H22/c1-16-10-11-18-8-5-9-19-12-13-20(15-22(18)19)21(14-16)17-6-3-2-4-7-17/h2-7,9-12,14,18,22H,8,13,15H2,1H3/b11-10-,16-14+,21-20+. The van der Waals surface area contributed by atoms with Crippen molar-refractivity contribution in [2.75, 3.05) is 0 Å². The van der Waals surface area contributed by atoms with Crippen molar-refractivity contribution in [1.29, 1.82) is 0 Å². The Hall–Kier alpha value is -2.08. The minimum Gasteiger partial charge on any atom is -0.0837 e. The van der Waals surface area contributed by atoms with Crippen molar-refractivity contribution < 1.29 is 0 Å². The van der Waals surface area contributed by atoms with E-state index in [1.807, 2.05) is 0 Å². The lowest BCUT2D eigenvalue weighted by Gasteiger charge is -2.33. The fourth-order valence-corrected chi connectivity index (χ4v) is 3.97. The van der Waals surface area contributed by atoms with E-state index in [1.165, 1.54) is 29.6 Å². The van der Waals surface area contributed by atoms with Crippen LogP contribution in [-0.4, -0.2) is 0 Å². The van der Waals surface area contributed by atoms with Crippen LogP contribution in [0.2, 0.25) is 0 Å². The van der Waals surface area contributed by atoms with Crippen LogP contribution in [0.5, 0.6) is 0 Å². The van der Waals surface area contributed by atoms with Crippen LogP contribution in [0, 0.1) is 11.8 Å². The summed E-state index contributed by atoms with van der Waals surface area (Å²) in [6, 6.07) is 10.9.